The number of benzene rings is 1. The Morgan fingerprint density at radius 1 is 1.44 bits per heavy atom. The van der Waals surface area contributed by atoms with Gasteiger partial charge in [-0.05, 0) is 50.0 Å². The molecule has 1 aliphatic carbocycles. The van der Waals surface area contributed by atoms with Crippen molar-refractivity contribution in [1.82, 2.24) is 0 Å². The average molecular weight is 245 g/mol. The number of aliphatic carboxylic acids is 1. The number of anilines is 1. The standard InChI is InChI=1S/C15H19NO2/c1-11-6-8-14(16(2)13-4-3-5-13)12(10-11)7-9-15(17)18/h6-10,13H,3-5H2,1-2H3,(H,17,18)/b9-7+. The van der Waals surface area contributed by atoms with Crippen LogP contribution in [0.5, 0.6) is 0 Å². The minimum atomic E-state index is -0.909. The number of carbonyl (C=O) groups is 1. The van der Waals surface area contributed by atoms with Crippen LogP contribution in [0.1, 0.15) is 30.4 Å². The molecule has 0 atom stereocenters. The van der Waals surface area contributed by atoms with Crippen LogP contribution >= 0.6 is 0 Å². The van der Waals surface area contributed by atoms with Gasteiger partial charge in [-0.15, -0.1) is 0 Å². The van der Waals surface area contributed by atoms with E-state index < -0.39 is 5.97 Å². The van der Waals surface area contributed by atoms with Gasteiger partial charge in [0.1, 0.15) is 0 Å². The Bertz CT molecular complexity index is 475. The lowest BCUT2D eigenvalue weighted by Crippen LogP contribution is -2.37. The van der Waals surface area contributed by atoms with Gasteiger partial charge in [-0.2, -0.15) is 0 Å². The summed E-state index contributed by atoms with van der Waals surface area (Å²) in [6, 6.07) is 6.78. The van der Waals surface area contributed by atoms with Crippen LogP contribution in [0.15, 0.2) is 24.3 Å². The van der Waals surface area contributed by atoms with Crippen molar-refractivity contribution in [1.29, 1.82) is 0 Å². The fraction of sp³-hybridized carbons (Fsp3) is 0.400. The summed E-state index contributed by atoms with van der Waals surface area (Å²) in [5.41, 5.74) is 3.24. The first-order valence-electron chi connectivity index (χ1n) is 6.32. The predicted octanol–water partition coefficient (Wildman–Crippen LogP) is 3.08. The van der Waals surface area contributed by atoms with Gasteiger partial charge in [-0.1, -0.05) is 11.6 Å². The van der Waals surface area contributed by atoms with E-state index in [1.807, 2.05) is 13.0 Å². The molecule has 3 nitrogen and oxygen atoms in total. The van der Waals surface area contributed by atoms with Gasteiger partial charge in [-0.3, -0.25) is 0 Å². The van der Waals surface area contributed by atoms with E-state index in [-0.39, 0.29) is 0 Å². The first-order chi connectivity index (χ1) is 8.58. The molecule has 1 aliphatic rings. The van der Waals surface area contributed by atoms with Crippen LogP contribution in [-0.4, -0.2) is 24.2 Å². The van der Waals surface area contributed by atoms with Crippen LogP contribution in [0.3, 0.4) is 0 Å². The molecule has 1 aromatic carbocycles. The Kier molecular flexibility index (Phi) is 3.70. The van der Waals surface area contributed by atoms with Crippen LogP contribution in [0.2, 0.25) is 0 Å². The smallest absolute Gasteiger partial charge is 0.328 e. The highest BCUT2D eigenvalue weighted by Crippen LogP contribution is 2.31. The number of aryl methyl sites for hydroxylation is 1. The fourth-order valence-corrected chi connectivity index (χ4v) is 2.26. The second kappa shape index (κ2) is 5.25. The largest absolute Gasteiger partial charge is 0.478 e. The zero-order valence-electron chi connectivity index (χ0n) is 10.9. The highest BCUT2D eigenvalue weighted by Gasteiger charge is 2.23. The summed E-state index contributed by atoms with van der Waals surface area (Å²) in [4.78, 5) is 12.9. The molecule has 1 aromatic rings. The van der Waals surface area contributed by atoms with Crippen molar-refractivity contribution in [3.8, 4) is 0 Å². The molecule has 96 valence electrons. The monoisotopic (exact) mass is 245 g/mol. The molecule has 0 aliphatic heterocycles. The van der Waals surface area contributed by atoms with Crippen LogP contribution in [-0.2, 0) is 4.79 Å². The second-order valence-electron chi connectivity index (χ2n) is 4.93. The number of carboxylic acids is 1. The van der Waals surface area contributed by atoms with Crippen LogP contribution < -0.4 is 4.90 Å². The van der Waals surface area contributed by atoms with Crippen molar-refractivity contribution < 1.29 is 9.90 Å². The van der Waals surface area contributed by atoms with Gasteiger partial charge in [0.15, 0.2) is 0 Å². The molecule has 0 radical (unpaired) electrons. The van der Waals surface area contributed by atoms with Gasteiger partial charge < -0.3 is 10.0 Å². The number of nitrogens with zero attached hydrogens (tertiary/aromatic N) is 1. The Hall–Kier alpha value is -1.77. The van der Waals surface area contributed by atoms with Gasteiger partial charge in [0.2, 0.25) is 0 Å². The van der Waals surface area contributed by atoms with E-state index in [4.69, 9.17) is 5.11 Å². The maximum atomic E-state index is 10.6. The van der Waals surface area contributed by atoms with Crippen molar-refractivity contribution in [2.24, 2.45) is 0 Å². The first kappa shape index (κ1) is 12.7. The molecule has 0 amide bonds. The lowest BCUT2D eigenvalue weighted by molar-refractivity contribution is -0.131. The van der Waals surface area contributed by atoms with Crippen molar-refractivity contribution in [3.63, 3.8) is 0 Å². The van der Waals surface area contributed by atoms with Crippen molar-refractivity contribution in [2.75, 3.05) is 11.9 Å². The van der Waals surface area contributed by atoms with Crippen molar-refractivity contribution >= 4 is 17.7 Å². The predicted molar refractivity (Wildman–Crippen MR) is 73.9 cm³/mol. The highest BCUT2D eigenvalue weighted by molar-refractivity contribution is 5.87. The van der Waals surface area contributed by atoms with Gasteiger partial charge >= 0.3 is 5.97 Å². The summed E-state index contributed by atoms with van der Waals surface area (Å²) in [5, 5.41) is 8.74. The Balaban J connectivity index is 2.30. The molecule has 0 unspecified atom stereocenters. The minimum absolute atomic E-state index is 0.602. The van der Waals surface area contributed by atoms with E-state index in [1.165, 1.54) is 25.3 Å². The summed E-state index contributed by atoms with van der Waals surface area (Å²) in [5.74, 6) is -0.909. The van der Waals surface area contributed by atoms with Crippen molar-refractivity contribution in [3.05, 3.63) is 35.4 Å². The fourth-order valence-electron chi connectivity index (χ4n) is 2.26. The normalized spacial score (nSPS) is 15.7. The second-order valence-corrected chi connectivity index (χ2v) is 4.93. The molecule has 18 heavy (non-hydrogen) atoms. The third-order valence-electron chi connectivity index (χ3n) is 3.59. The van der Waals surface area contributed by atoms with E-state index in [2.05, 4.69) is 24.1 Å². The SMILES string of the molecule is Cc1ccc(N(C)C2CCC2)c(/C=C/C(=O)O)c1. The van der Waals surface area contributed by atoms with Gasteiger partial charge in [0.05, 0.1) is 0 Å². The zero-order valence-corrected chi connectivity index (χ0v) is 10.9. The number of carboxylic acid groups (broad SMARTS) is 1. The van der Waals surface area contributed by atoms with E-state index in [0.29, 0.717) is 6.04 Å². The lowest BCUT2D eigenvalue weighted by atomic mass is 9.91. The number of rotatable bonds is 4. The first-order valence-corrected chi connectivity index (χ1v) is 6.32. The molecule has 0 heterocycles. The zero-order chi connectivity index (χ0) is 13.1. The Morgan fingerprint density at radius 3 is 2.72 bits per heavy atom. The van der Waals surface area contributed by atoms with E-state index >= 15 is 0 Å². The van der Waals surface area contributed by atoms with Crippen molar-refractivity contribution in [2.45, 2.75) is 32.2 Å². The molecule has 0 aromatic heterocycles. The molecule has 3 heteroatoms. The molecule has 0 bridgehead atoms. The maximum Gasteiger partial charge on any atom is 0.328 e. The Labute approximate surface area is 108 Å². The highest BCUT2D eigenvalue weighted by atomic mass is 16.4. The lowest BCUT2D eigenvalue weighted by Gasteiger charge is -2.37. The molecule has 1 fully saturated rings. The van der Waals surface area contributed by atoms with Crippen LogP contribution in [0, 0.1) is 6.92 Å². The molecule has 1 N–H and O–H groups in total. The van der Waals surface area contributed by atoms with Crippen LogP contribution in [0.4, 0.5) is 5.69 Å². The minimum Gasteiger partial charge on any atom is -0.478 e. The molecular formula is C15H19NO2. The van der Waals surface area contributed by atoms with E-state index in [0.717, 1.165) is 16.8 Å². The third kappa shape index (κ3) is 2.73. The summed E-state index contributed by atoms with van der Waals surface area (Å²) in [6.45, 7) is 2.02. The van der Waals surface area contributed by atoms with Gasteiger partial charge in [-0.25, -0.2) is 4.79 Å². The summed E-state index contributed by atoms with van der Waals surface area (Å²) < 4.78 is 0. The Morgan fingerprint density at radius 2 is 2.17 bits per heavy atom. The molecule has 0 saturated heterocycles. The van der Waals surface area contributed by atoms with E-state index in [9.17, 15) is 4.79 Å². The van der Waals surface area contributed by atoms with Gasteiger partial charge in [0, 0.05) is 24.9 Å². The summed E-state index contributed by atoms with van der Waals surface area (Å²) >= 11 is 0. The number of hydrogen-bond donors (Lipinski definition) is 1. The molecule has 1 saturated carbocycles. The molecule has 0 spiro atoms. The molecule has 2 rings (SSSR count). The quantitative estimate of drug-likeness (QED) is 0.829. The summed E-state index contributed by atoms with van der Waals surface area (Å²) in [7, 11) is 2.09. The number of hydrogen-bond acceptors (Lipinski definition) is 2. The topological polar surface area (TPSA) is 40.5 Å². The average Bonchev–Trinajstić information content (AvgIpc) is 2.23. The summed E-state index contributed by atoms with van der Waals surface area (Å²) in [6.07, 6.45) is 6.63. The van der Waals surface area contributed by atoms with E-state index in [1.54, 1.807) is 6.08 Å². The molecular weight excluding hydrogens is 226 g/mol. The maximum absolute atomic E-state index is 10.6. The van der Waals surface area contributed by atoms with Gasteiger partial charge in [0.25, 0.3) is 0 Å². The van der Waals surface area contributed by atoms with Crippen LogP contribution in [0.25, 0.3) is 6.08 Å². The third-order valence-corrected chi connectivity index (χ3v) is 3.59.